The second-order valence-corrected chi connectivity index (χ2v) is 4.58. The molecule has 1 aromatic carbocycles. The van der Waals surface area contributed by atoms with Gasteiger partial charge in [0.2, 0.25) is 11.8 Å². The van der Waals surface area contributed by atoms with Gasteiger partial charge in [-0.05, 0) is 12.1 Å². The van der Waals surface area contributed by atoms with Crippen molar-refractivity contribution < 1.29 is 14.5 Å². The van der Waals surface area contributed by atoms with Crippen molar-refractivity contribution in [1.82, 2.24) is 9.97 Å². The molecule has 0 fully saturated rings. The first-order valence-corrected chi connectivity index (χ1v) is 6.62. The fraction of sp³-hybridized carbons (Fsp3) is 0.214. The van der Waals surface area contributed by atoms with Crippen LogP contribution in [-0.4, -0.2) is 41.6 Å². The number of rotatable bonds is 6. The molecule has 0 unspecified atom stereocenters. The molecule has 0 saturated heterocycles. The fourth-order valence-corrected chi connectivity index (χ4v) is 1.82. The number of methoxy groups -OCH3 is 1. The van der Waals surface area contributed by atoms with Crippen LogP contribution in [0.25, 0.3) is 0 Å². The van der Waals surface area contributed by atoms with Gasteiger partial charge in [0, 0.05) is 12.7 Å². The van der Waals surface area contributed by atoms with Crippen molar-refractivity contribution in [3.8, 4) is 0 Å². The van der Waals surface area contributed by atoms with Crippen LogP contribution >= 0.6 is 0 Å². The van der Waals surface area contributed by atoms with E-state index >= 15 is 0 Å². The normalized spacial score (nSPS) is 10.0. The number of likely N-dealkylation sites (N-methyl/N-ethyl adjacent to an activating group) is 1. The van der Waals surface area contributed by atoms with Crippen molar-refractivity contribution in [1.29, 1.82) is 0 Å². The van der Waals surface area contributed by atoms with Gasteiger partial charge in [-0.1, -0.05) is 18.2 Å². The van der Waals surface area contributed by atoms with E-state index in [1.54, 1.807) is 0 Å². The Hall–Kier alpha value is -3.23. The summed E-state index contributed by atoms with van der Waals surface area (Å²) in [5.41, 5.74) is 0.443. The van der Waals surface area contributed by atoms with Crippen molar-refractivity contribution in [2.24, 2.45) is 0 Å². The van der Waals surface area contributed by atoms with Crippen molar-refractivity contribution >= 4 is 29.1 Å². The Balaban J connectivity index is 2.31. The maximum Gasteiger partial charge on any atom is 0.329 e. The van der Waals surface area contributed by atoms with Crippen LogP contribution in [-0.2, 0) is 9.53 Å². The first kappa shape index (κ1) is 16.1. The van der Waals surface area contributed by atoms with Crippen molar-refractivity contribution in [2.75, 3.05) is 30.9 Å². The van der Waals surface area contributed by atoms with Gasteiger partial charge in [0.25, 0.3) is 0 Å². The van der Waals surface area contributed by atoms with E-state index < -0.39 is 10.9 Å². The Kier molecular flexibility index (Phi) is 5.03. The molecule has 2 rings (SSSR count). The lowest BCUT2D eigenvalue weighted by atomic mass is 10.3. The third kappa shape index (κ3) is 4.13. The SMILES string of the molecule is COC(=O)CN(C)c1nc(Nc2ccccc2)ncc1[N+](=O)[O-]. The van der Waals surface area contributed by atoms with Crippen LogP contribution in [0.15, 0.2) is 36.5 Å². The Bertz CT molecular complexity index is 708. The summed E-state index contributed by atoms with van der Waals surface area (Å²) in [6.45, 7) is -0.168. The minimum absolute atomic E-state index is 0.0221. The number of aromatic nitrogens is 2. The van der Waals surface area contributed by atoms with Gasteiger partial charge in [-0.15, -0.1) is 0 Å². The Morgan fingerprint density at radius 1 is 1.39 bits per heavy atom. The highest BCUT2D eigenvalue weighted by Gasteiger charge is 2.22. The lowest BCUT2D eigenvalue weighted by Crippen LogP contribution is -2.28. The minimum Gasteiger partial charge on any atom is -0.468 e. The number of anilines is 3. The van der Waals surface area contributed by atoms with Gasteiger partial charge in [0.05, 0.1) is 12.0 Å². The number of carbonyl (C=O) groups is 1. The second-order valence-electron chi connectivity index (χ2n) is 4.58. The summed E-state index contributed by atoms with van der Waals surface area (Å²) in [5, 5.41) is 14.1. The molecular weight excluding hydrogens is 302 g/mol. The molecule has 0 aliphatic heterocycles. The second kappa shape index (κ2) is 7.16. The molecule has 9 nitrogen and oxygen atoms in total. The zero-order valence-corrected chi connectivity index (χ0v) is 12.6. The van der Waals surface area contributed by atoms with Gasteiger partial charge in [0.1, 0.15) is 12.7 Å². The number of carbonyl (C=O) groups excluding carboxylic acids is 1. The summed E-state index contributed by atoms with van der Waals surface area (Å²) in [4.78, 5) is 31.3. The number of esters is 1. The van der Waals surface area contributed by atoms with Gasteiger partial charge in [-0.25, -0.2) is 4.98 Å². The maximum absolute atomic E-state index is 11.4. The highest BCUT2D eigenvalue weighted by Crippen LogP contribution is 2.26. The topological polar surface area (TPSA) is 110 Å². The molecule has 1 heterocycles. The monoisotopic (exact) mass is 317 g/mol. The van der Waals surface area contributed by atoms with E-state index in [9.17, 15) is 14.9 Å². The van der Waals surface area contributed by atoms with Crippen LogP contribution in [0.5, 0.6) is 0 Å². The average Bonchev–Trinajstić information content (AvgIpc) is 2.55. The van der Waals surface area contributed by atoms with Gasteiger partial charge in [-0.2, -0.15) is 4.98 Å². The minimum atomic E-state index is -0.602. The van der Waals surface area contributed by atoms with E-state index in [1.807, 2.05) is 30.3 Å². The molecular formula is C14H15N5O4. The summed E-state index contributed by atoms with van der Waals surface area (Å²) in [6, 6.07) is 9.14. The maximum atomic E-state index is 11.4. The molecule has 0 amide bonds. The zero-order chi connectivity index (χ0) is 16.8. The number of nitrogens with one attached hydrogen (secondary N) is 1. The van der Waals surface area contributed by atoms with E-state index in [-0.39, 0.29) is 24.0 Å². The van der Waals surface area contributed by atoms with Crippen LogP contribution < -0.4 is 10.2 Å². The highest BCUT2D eigenvalue weighted by atomic mass is 16.6. The first-order chi connectivity index (χ1) is 11.0. The van der Waals surface area contributed by atoms with Gasteiger partial charge < -0.3 is 15.0 Å². The van der Waals surface area contributed by atoms with Crippen LogP contribution in [0.3, 0.4) is 0 Å². The molecule has 0 bridgehead atoms. The van der Waals surface area contributed by atoms with E-state index in [0.717, 1.165) is 11.9 Å². The van der Waals surface area contributed by atoms with Crippen LogP contribution in [0.1, 0.15) is 0 Å². The fourth-order valence-electron chi connectivity index (χ4n) is 1.82. The quantitative estimate of drug-likeness (QED) is 0.487. The molecule has 0 radical (unpaired) electrons. The molecule has 0 aliphatic rings. The third-order valence-electron chi connectivity index (χ3n) is 2.93. The van der Waals surface area contributed by atoms with E-state index in [4.69, 9.17) is 0 Å². The molecule has 1 N–H and O–H groups in total. The summed E-state index contributed by atoms with van der Waals surface area (Å²) in [5.74, 6) is -0.319. The Labute approximate surface area is 132 Å². The van der Waals surface area contributed by atoms with Crippen molar-refractivity contribution in [3.63, 3.8) is 0 Å². The zero-order valence-electron chi connectivity index (χ0n) is 12.6. The molecule has 0 saturated carbocycles. The molecule has 120 valence electrons. The van der Waals surface area contributed by atoms with E-state index in [1.165, 1.54) is 19.1 Å². The first-order valence-electron chi connectivity index (χ1n) is 6.62. The molecule has 9 heteroatoms. The molecule has 2 aromatic rings. The number of nitrogens with zero attached hydrogens (tertiary/aromatic N) is 4. The third-order valence-corrected chi connectivity index (χ3v) is 2.93. The molecule has 0 aliphatic carbocycles. The number of hydrogen-bond acceptors (Lipinski definition) is 8. The molecule has 1 aromatic heterocycles. The van der Waals surface area contributed by atoms with Crippen LogP contribution in [0, 0.1) is 10.1 Å². The predicted molar refractivity (Wildman–Crippen MR) is 83.7 cm³/mol. The van der Waals surface area contributed by atoms with Crippen LogP contribution in [0.4, 0.5) is 23.1 Å². The summed E-state index contributed by atoms with van der Waals surface area (Å²) in [7, 11) is 2.76. The van der Waals surface area contributed by atoms with Crippen molar-refractivity contribution in [2.45, 2.75) is 0 Å². The number of nitro groups is 1. The average molecular weight is 317 g/mol. The molecule has 0 spiro atoms. The number of para-hydroxylation sites is 1. The smallest absolute Gasteiger partial charge is 0.329 e. The molecule has 23 heavy (non-hydrogen) atoms. The number of hydrogen-bond donors (Lipinski definition) is 1. The van der Waals surface area contributed by atoms with Gasteiger partial charge in [-0.3, -0.25) is 14.9 Å². The highest BCUT2D eigenvalue weighted by molar-refractivity contribution is 5.76. The standard InChI is InChI=1S/C14H15N5O4/c1-18(9-12(20)23-2)13-11(19(21)22)8-15-14(17-13)16-10-6-4-3-5-7-10/h3-8H,9H2,1-2H3,(H,15,16,17). The predicted octanol–water partition coefficient (Wildman–Crippen LogP) is 1.74. The Morgan fingerprint density at radius 2 is 2.09 bits per heavy atom. The largest absolute Gasteiger partial charge is 0.468 e. The Morgan fingerprint density at radius 3 is 2.70 bits per heavy atom. The lowest BCUT2D eigenvalue weighted by molar-refractivity contribution is -0.384. The van der Waals surface area contributed by atoms with Gasteiger partial charge >= 0.3 is 11.7 Å². The van der Waals surface area contributed by atoms with E-state index in [0.29, 0.717) is 0 Å². The van der Waals surface area contributed by atoms with E-state index in [2.05, 4.69) is 20.0 Å². The summed E-state index contributed by atoms with van der Waals surface area (Å²) < 4.78 is 4.56. The van der Waals surface area contributed by atoms with Gasteiger partial charge in [0.15, 0.2) is 0 Å². The summed E-state index contributed by atoms with van der Waals surface area (Å²) >= 11 is 0. The van der Waals surface area contributed by atoms with Crippen molar-refractivity contribution in [3.05, 3.63) is 46.6 Å². The summed E-state index contributed by atoms with van der Waals surface area (Å²) in [6.07, 6.45) is 1.10. The van der Waals surface area contributed by atoms with Crippen LogP contribution in [0.2, 0.25) is 0 Å². The lowest BCUT2D eigenvalue weighted by Gasteiger charge is -2.17. The number of benzene rings is 1. The number of ether oxygens (including phenoxy) is 1. The molecule has 0 atom stereocenters.